The van der Waals surface area contributed by atoms with Crippen molar-refractivity contribution in [3.05, 3.63) is 35.1 Å². The molecule has 38 heavy (non-hydrogen) atoms. The normalized spacial score (nSPS) is 25.7. The molecule has 0 radical (unpaired) electrons. The van der Waals surface area contributed by atoms with Gasteiger partial charge in [0, 0.05) is 19.0 Å². The minimum absolute atomic E-state index is 0.0139. The number of allylic oxidation sites excluding steroid dienone is 1. The smallest absolute Gasteiger partial charge is 0.419 e. The number of hydrogen-bond donors (Lipinski definition) is 3. The standard InChI is InChI=1S/C25H34F3N7O3/c1-24(2,3)38-23(37)34-11-5-4-6-16(34)7-10-21(36)32-19-14-35-20(31-19)9-8-18(33-35)15-12-17(25(26,27)28)22(29)30-13-15/h8-9,12,16,19,33H,4-7,10-11,13-14H2,1-3H3,(H2,29,30)(H,32,36)/t16?,19-/m0/s1. The van der Waals surface area contributed by atoms with Crippen molar-refractivity contribution in [2.24, 2.45) is 15.7 Å². The summed E-state index contributed by atoms with van der Waals surface area (Å²) in [6, 6.07) is -0.0637. The first-order valence-corrected chi connectivity index (χ1v) is 12.7. The van der Waals surface area contributed by atoms with Gasteiger partial charge in [-0.25, -0.2) is 9.79 Å². The first-order valence-electron chi connectivity index (χ1n) is 12.7. The van der Waals surface area contributed by atoms with Crippen LogP contribution in [-0.2, 0) is 9.53 Å². The van der Waals surface area contributed by atoms with E-state index < -0.39 is 29.4 Å². The molecule has 0 bridgehead atoms. The summed E-state index contributed by atoms with van der Waals surface area (Å²) in [5, 5.41) is 4.56. The molecule has 2 atom stereocenters. The molecule has 4 rings (SSSR count). The molecule has 4 aliphatic rings. The molecule has 4 N–H and O–H groups in total. The van der Waals surface area contributed by atoms with Crippen LogP contribution in [0.5, 0.6) is 0 Å². The molecule has 1 unspecified atom stereocenters. The largest absolute Gasteiger partial charge is 0.444 e. The molecule has 208 valence electrons. The van der Waals surface area contributed by atoms with E-state index in [0.29, 0.717) is 36.6 Å². The van der Waals surface area contributed by atoms with Gasteiger partial charge in [-0.05, 0) is 70.3 Å². The predicted octanol–water partition coefficient (Wildman–Crippen LogP) is 2.90. The number of aliphatic imine (C=N–C) groups is 2. The summed E-state index contributed by atoms with van der Waals surface area (Å²) in [5.41, 5.74) is 7.72. The van der Waals surface area contributed by atoms with E-state index in [2.05, 4.69) is 20.7 Å². The second-order valence-electron chi connectivity index (χ2n) is 10.7. The van der Waals surface area contributed by atoms with E-state index >= 15 is 0 Å². The molecule has 13 heteroatoms. The third-order valence-electron chi connectivity index (χ3n) is 6.53. The first-order chi connectivity index (χ1) is 17.8. The monoisotopic (exact) mass is 537 g/mol. The zero-order chi connectivity index (χ0) is 27.7. The maximum atomic E-state index is 13.2. The average molecular weight is 538 g/mol. The van der Waals surface area contributed by atoms with Crippen LogP contribution in [0.3, 0.4) is 0 Å². The van der Waals surface area contributed by atoms with E-state index in [4.69, 9.17) is 10.5 Å². The molecule has 0 saturated carbocycles. The number of likely N-dealkylation sites (tertiary alicyclic amines) is 1. The maximum absolute atomic E-state index is 13.2. The number of halogens is 3. The number of alkyl halides is 3. The minimum Gasteiger partial charge on any atom is -0.444 e. The van der Waals surface area contributed by atoms with Crippen LogP contribution in [0, 0.1) is 0 Å². The number of nitrogens with one attached hydrogen (secondary N) is 2. The van der Waals surface area contributed by atoms with E-state index in [0.717, 1.165) is 25.3 Å². The Morgan fingerprint density at radius 1 is 1.24 bits per heavy atom. The summed E-state index contributed by atoms with van der Waals surface area (Å²) < 4.78 is 45.3. The summed E-state index contributed by atoms with van der Waals surface area (Å²) in [6.07, 6.45) is 2.29. The lowest BCUT2D eigenvalue weighted by Gasteiger charge is -2.36. The third kappa shape index (κ3) is 6.67. The summed E-state index contributed by atoms with van der Waals surface area (Å²) >= 11 is 0. The maximum Gasteiger partial charge on any atom is 0.419 e. The number of nitrogens with zero attached hydrogens (tertiary/aromatic N) is 4. The summed E-state index contributed by atoms with van der Waals surface area (Å²) in [4.78, 5) is 35.3. The Morgan fingerprint density at radius 2 is 2.00 bits per heavy atom. The number of piperidine rings is 1. The van der Waals surface area contributed by atoms with Gasteiger partial charge in [0.1, 0.15) is 23.4 Å². The van der Waals surface area contributed by atoms with Gasteiger partial charge < -0.3 is 20.7 Å². The molecule has 0 aromatic carbocycles. The van der Waals surface area contributed by atoms with Gasteiger partial charge in [-0.2, -0.15) is 13.2 Å². The van der Waals surface area contributed by atoms with E-state index in [1.54, 1.807) is 22.1 Å². The van der Waals surface area contributed by atoms with Gasteiger partial charge >= 0.3 is 12.3 Å². The van der Waals surface area contributed by atoms with Crippen LogP contribution in [0.1, 0.15) is 52.9 Å². The zero-order valence-electron chi connectivity index (χ0n) is 21.8. The van der Waals surface area contributed by atoms with Gasteiger partial charge in [0.05, 0.1) is 24.4 Å². The van der Waals surface area contributed by atoms with Crippen LogP contribution in [0.15, 0.2) is 45.1 Å². The van der Waals surface area contributed by atoms with Crippen LogP contribution < -0.4 is 16.5 Å². The Balaban J connectivity index is 1.31. The van der Waals surface area contributed by atoms with Crippen molar-refractivity contribution in [3.8, 4) is 0 Å². The summed E-state index contributed by atoms with van der Waals surface area (Å²) in [5.74, 6) is -0.163. The van der Waals surface area contributed by atoms with Gasteiger partial charge in [-0.15, -0.1) is 0 Å². The van der Waals surface area contributed by atoms with Gasteiger partial charge in [-0.3, -0.25) is 20.2 Å². The number of carbonyl (C=O) groups excluding carboxylic acids is 2. The number of rotatable bonds is 4. The molecular weight excluding hydrogens is 503 g/mol. The Labute approximate surface area is 219 Å². The Morgan fingerprint density at radius 3 is 2.71 bits per heavy atom. The van der Waals surface area contributed by atoms with Gasteiger partial charge in [0.15, 0.2) is 0 Å². The molecule has 4 heterocycles. The van der Waals surface area contributed by atoms with Gasteiger partial charge in [-0.1, -0.05) is 0 Å². The van der Waals surface area contributed by atoms with Crippen molar-refractivity contribution < 1.29 is 27.5 Å². The van der Waals surface area contributed by atoms with Crippen LogP contribution >= 0.6 is 0 Å². The third-order valence-corrected chi connectivity index (χ3v) is 6.53. The Hall–Kier alpha value is -3.51. The fraction of sp³-hybridized carbons (Fsp3) is 0.600. The molecular formula is C25H34F3N7O3. The molecule has 10 nitrogen and oxygen atoms in total. The molecule has 0 aromatic rings. The summed E-state index contributed by atoms with van der Waals surface area (Å²) in [6.45, 7) is 6.41. The first kappa shape index (κ1) is 27.5. The number of amidine groups is 2. The Kier molecular flexibility index (Phi) is 7.75. The van der Waals surface area contributed by atoms with Gasteiger partial charge in [0.25, 0.3) is 0 Å². The molecule has 2 amide bonds. The van der Waals surface area contributed by atoms with E-state index in [1.165, 1.54) is 0 Å². The number of dihydropyridines is 1. The fourth-order valence-electron chi connectivity index (χ4n) is 4.73. The number of fused-ring (bicyclic) bond motifs is 1. The van der Waals surface area contributed by atoms with Crippen LogP contribution in [0.2, 0.25) is 0 Å². The lowest BCUT2D eigenvalue weighted by Crippen LogP contribution is -2.47. The average Bonchev–Trinajstić information content (AvgIpc) is 3.22. The number of hydrogen-bond acceptors (Lipinski definition) is 8. The Bertz CT molecular complexity index is 1120. The van der Waals surface area contributed by atoms with Crippen molar-refractivity contribution in [3.63, 3.8) is 0 Å². The number of carbonyl (C=O) groups is 2. The van der Waals surface area contributed by atoms with Crippen LogP contribution in [0.25, 0.3) is 0 Å². The predicted molar refractivity (Wildman–Crippen MR) is 136 cm³/mol. The molecule has 0 aliphatic carbocycles. The second-order valence-corrected chi connectivity index (χ2v) is 10.7. The fourth-order valence-corrected chi connectivity index (χ4v) is 4.73. The highest BCUT2D eigenvalue weighted by molar-refractivity contribution is 6.00. The van der Waals surface area contributed by atoms with Crippen molar-refractivity contribution in [1.29, 1.82) is 0 Å². The molecule has 1 fully saturated rings. The van der Waals surface area contributed by atoms with Crippen LogP contribution in [0.4, 0.5) is 18.0 Å². The number of amides is 2. The highest BCUT2D eigenvalue weighted by Gasteiger charge is 2.38. The number of ether oxygens (including phenoxy) is 1. The van der Waals surface area contributed by atoms with Crippen molar-refractivity contribution in [1.82, 2.24) is 20.7 Å². The lowest BCUT2D eigenvalue weighted by atomic mass is 9.98. The molecule has 1 saturated heterocycles. The highest BCUT2D eigenvalue weighted by Crippen LogP contribution is 2.30. The number of hydrazine groups is 1. The van der Waals surface area contributed by atoms with Crippen molar-refractivity contribution in [2.75, 3.05) is 19.6 Å². The molecule has 0 aromatic heterocycles. The van der Waals surface area contributed by atoms with Crippen molar-refractivity contribution in [2.45, 2.75) is 76.9 Å². The second kappa shape index (κ2) is 10.7. The molecule has 4 aliphatic heterocycles. The van der Waals surface area contributed by atoms with E-state index in [9.17, 15) is 22.8 Å². The van der Waals surface area contributed by atoms with Crippen LogP contribution in [-0.4, -0.2) is 77.2 Å². The topological polar surface area (TPSA) is 125 Å². The van der Waals surface area contributed by atoms with E-state index in [-0.39, 0.29) is 31.0 Å². The quantitative estimate of drug-likeness (QED) is 0.507. The lowest BCUT2D eigenvalue weighted by molar-refractivity contribution is -0.122. The van der Waals surface area contributed by atoms with Crippen molar-refractivity contribution >= 4 is 23.7 Å². The SMILES string of the molecule is CC(C)(C)OC(=O)N1CCCCC1CCC(=O)N[C@H]1CN2NC(=C3C=C(C(F)(F)F)C(N)=NC3)C=CC2=N1. The van der Waals surface area contributed by atoms with Gasteiger partial charge in [0.2, 0.25) is 5.91 Å². The zero-order valence-corrected chi connectivity index (χ0v) is 21.8. The highest BCUT2D eigenvalue weighted by atomic mass is 19.4. The minimum atomic E-state index is -4.60. The molecule has 0 spiro atoms. The van der Waals surface area contributed by atoms with E-state index in [1.807, 2.05) is 20.8 Å². The number of nitrogens with two attached hydrogens (primary N) is 1. The summed E-state index contributed by atoms with van der Waals surface area (Å²) in [7, 11) is 0.